The molecule has 0 atom stereocenters. The van der Waals surface area contributed by atoms with Gasteiger partial charge in [-0.25, -0.2) is 0 Å². The highest BCUT2D eigenvalue weighted by Gasteiger charge is 2.25. The maximum absolute atomic E-state index is 12.2. The van der Waals surface area contributed by atoms with Gasteiger partial charge in [0.1, 0.15) is 0 Å². The molecule has 2 rings (SSSR count). The molecule has 1 saturated heterocycles. The summed E-state index contributed by atoms with van der Waals surface area (Å²) >= 11 is 2.27. The van der Waals surface area contributed by atoms with E-state index in [0.717, 1.165) is 22.1 Å². The van der Waals surface area contributed by atoms with Gasteiger partial charge in [0.2, 0.25) is 11.8 Å². The minimum Gasteiger partial charge on any atom is -0.343 e. The number of carbonyl (C=O) groups is 2. The number of aryl methyl sites for hydroxylation is 1. The van der Waals surface area contributed by atoms with Crippen molar-refractivity contribution >= 4 is 40.1 Å². The van der Waals surface area contributed by atoms with E-state index in [2.05, 4.69) is 27.9 Å². The average Bonchev–Trinajstić information content (AvgIpc) is 2.43. The van der Waals surface area contributed by atoms with Crippen LogP contribution in [0, 0.1) is 16.4 Å². The maximum atomic E-state index is 12.2. The SMILES string of the molecule is CC(=O)N1CCC(C(=O)Nc2ccc(C)c(I)c2)CC1. The second kappa shape index (κ2) is 6.56. The van der Waals surface area contributed by atoms with Crippen LogP contribution >= 0.6 is 22.6 Å². The van der Waals surface area contributed by atoms with Crippen LogP contribution in [0.2, 0.25) is 0 Å². The van der Waals surface area contributed by atoms with Gasteiger partial charge in [0.05, 0.1) is 0 Å². The van der Waals surface area contributed by atoms with Crippen molar-refractivity contribution in [3.63, 3.8) is 0 Å². The number of piperidine rings is 1. The number of amides is 2. The van der Waals surface area contributed by atoms with E-state index in [1.54, 1.807) is 11.8 Å². The molecule has 0 unspecified atom stereocenters. The molecule has 108 valence electrons. The van der Waals surface area contributed by atoms with Gasteiger partial charge in [-0.1, -0.05) is 6.07 Å². The molecule has 1 heterocycles. The number of anilines is 1. The molecule has 1 aromatic carbocycles. The standard InChI is InChI=1S/C15H19IN2O2/c1-10-3-4-13(9-14(10)16)17-15(20)12-5-7-18(8-6-12)11(2)19/h3-4,9,12H,5-8H2,1-2H3,(H,17,20). The summed E-state index contributed by atoms with van der Waals surface area (Å²) < 4.78 is 1.15. The molecular weight excluding hydrogens is 367 g/mol. The molecule has 1 aliphatic rings. The minimum absolute atomic E-state index is 0.00423. The van der Waals surface area contributed by atoms with E-state index >= 15 is 0 Å². The van der Waals surface area contributed by atoms with Crippen molar-refractivity contribution in [2.75, 3.05) is 18.4 Å². The van der Waals surface area contributed by atoms with Gasteiger partial charge >= 0.3 is 0 Å². The van der Waals surface area contributed by atoms with Crippen LogP contribution in [0.3, 0.4) is 0 Å². The highest BCUT2D eigenvalue weighted by Crippen LogP contribution is 2.21. The summed E-state index contributed by atoms with van der Waals surface area (Å²) in [5, 5.41) is 2.98. The monoisotopic (exact) mass is 386 g/mol. The van der Waals surface area contributed by atoms with E-state index in [0.29, 0.717) is 13.1 Å². The van der Waals surface area contributed by atoms with Gasteiger partial charge in [-0.2, -0.15) is 0 Å². The summed E-state index contributed by atoms with van der Waals surface area (Å²) in [6.07, 6.45) is 1.49. The molecule has 4 nitrogen and oxygen atoms in total. The number of benzene rings is 1. The van der Waals surface area contributed by atoms with Crippen LogP contribution < -0.4 is 5.32 Å². The third-order valence-corrected chi connectivity index (χ3v) is 4.91. The fourth-order valence-electron chi connectivity index (χ4n) is 2.37. The molecule has 0 saturated carbocycles. The zero-order chi connectivity index (χ0) is 14.7. The summed E-state index contributed by atoms with van der Waals surface area (Å²) in [6.45, 7) is 4.98. The maximum Gasteiger partial charge on any atom is 0.227 e. The Kier molecular flexibility index (Phi) is 5.01. The lowest BCUT2D eigenvalue weighted by Gasteiger charge is -2.30. The largest absolute Gasteiger partial charge is 0.343 e. The highest BCUT2D eigenvalue weighted by atomic mass is 127. The lowest BCUT2D eigenvalue weighted by atomic mass is 9.96. The van der Waals surface area contributed by atoms with Crippen molar-refractivity contribution in [1.82, 2.24) is 4.90 Å². The van der Waals surface area contributed by atoms with Crippen molar-refractivity contribution in [2.45, 2.75) is 26.7 Å². The van der Waals surface area contributed by atoms with Crippen LogP contribution in [0.5, 0.6) is 0 Å². The predicted molar refractivity (Wildman–Crippen MR) is 87.5 cm³/mol. The molecule has 2 amide bonds. The van der Waals surface area contributed by atoms with Crippen LogP contribution in [0.4, 0.5) is 5.69 Å². The van der Waals surface area contributed by atoms with Crippen molar-refractivity contribution in [3.8, 4) is 0 Å². The van der Waals surface area contributed by atoms with E-state index < -0.39 is 0 Å². The number of halogens is 1. The van der Waals surface area contributed by atoms with E-state index in [-0.39, 0.29) is 17.7 Å². The predicted octanol–water partition coefficient (Wildman–Crippen LogP) is 2.80. The number of nitrogens with zero attached hydrogens (tertiary/aromatic N) is 1. The van der Waals surface area contributed by atoms with E-state index in [1.165, 1.54) is 5.56 Å². The van der Waals surface area contributed by atoms with E-state index in [4.69, 9.17) is 0 Å². The van der Waals surface area contributed by atoms with Crippen molar-refractivity contribution in [1.29, 1.82) is 0 Å². The first-order valence-electron chi connectivity index (χ1n) is 6.80. The Balaban J connectivity index is 1.92. The Bertz CT molecular complexity index is 523. The van der Waals surface area contributed by atoms with Gasteiger partial charge < -0.3 is 10.2 Å². The Hall–Kier alpha value is -1.11. The summed E-state index contributed by atoms with van der Waals surface area (Å²) in [6, 6.07) is 5.92. The third kappa shape index (κ3) is 3.71. The molecule has 1 N–H and O–H groups in total. The fourth-order valence-corrected chi connectivity index (χ4v) is 2.89. The Morgan fingerprint density at radius 3 is 2.50 bits per heavy atom. The highest BCUT2D eigenvalue weighted by molar-refractivity contribution is 14.1. The summed E-state index contributed by atoms with van der Waals surface area (Å²) in [5.41, 5.74) is 2.05. The average molecular weight is 386 g/mol. The Labute approximate surface area is 133 Å². The van der Waals surface area contributed by atoms with Crippen molar-refractivity contribution in [2.24, 2.45) is 5.92 Å². The van der Waals surface area contributed by atoms with Gasteiger partial charge in [-0.15, -0.1) is 0 Å². The van der Waals surface area contributed by atoms with Crippen LogP contribution in [-0.2, 0) is 9.59 Å². The molecule has 0 spiro atoms. The van der Waals surface area contributed by atoms with Gasteiger partial charge in [-0.05, 0) is 60.1 Å². The molecule has 0 bridgehead atoms. The number of nitrogens with one attached hydrogen (secondary N) is 1. The van der Waals surface area contributed by atoms with Gasteiger partial charge in [-0.3, -0.25) is 9.59 Å². The zero-order valence-electron chi connectivity index (χ0n) is 11.8. The topological polar surface area (TPSA) is 49.4 Å². The lowest BCUT2D eigenvalue weighted by molar-refractivity contribution is -0.132. The minimum atomic E-state index is 0.00423. The van der Waals surface area contributed by atoms with E-state index in [1.807, 2.05) is 25.1 Å². The van der Waals surface area contributed by atoms with Crippen LogP contribution in [0.1, 0.15) is 25.3 Å². The molecule has 0 aromatic heterocycles. The second-order valence-corrected chi connectivity index (χ2v) is 6.40. The molecule has 1 fully saturated rings. The van der Waals surface area contributed by atoms with Crippen LogP contribution in [-0.4, -0.2) is 29.8 Å². The molecule has 20 heavy (non-hydrogen) atoms. The quantitative estimate of drug-likeness (QED) is 0.795. The molecule has 0 radical (unpaired) electrons. The first-order chi connectivity index (χ1) is 9.47. The number of carbonyl (C=O) groups excluding carboxylic acids is 2. The fraction of sp³-hybridized carbons (Fsp3) is 0.467. The Morgan fingerprint density at radius 2 is 1.95 bits per heavy atom. The van der Waals surface area contributed by atoms with Crippen molar-refractivity contribution < 1.29 is 9.59 Å². The molecular formula is C15H19IN2O2. The summed E-state index contributed by atoms with van der Waals surface area (Å²) in [7, 11) is 0. The first-order valence-corrected chi connectivity index (χ1v) is 7.88. The smallest absolute Gasteiger partial charge is 0.227 e. The van der Waals surface area contributed by atoms with E-state index in [9.17, 15) is 9.59 Å². The number of hydrogen-bond donors (Lipinski definition) is 1. The lowest BCUT2D eigenvalue weighted by Crippen LogP contribution is -2.40. The third-order valence-electron chi connectivity index (χ3n) is 3.75. The number of likely N-dealkylation sites (tertiary alicyclic amines) is 1. The second-order valence-electron chi connectivity index (χ2n) is 5.23. The summed E-state index contributed by atoms with van der Waals surface area (Å²) in [5.74, 6) is 0.161. The van der Waals surface area contributed by atoms with Crippen LogP contribution in [0.15, 0.2) is 18.2 Å². The molecule has 0 aliphatic carbocycles. The first kappa shape index (κ1) is 15.3. The van der Waals surface area contributed by atoms with Crippen LogP contribution in [0.25, 0.3) is 0 Å². The molecule has 5 heteroatoms. The molecule has 1 aliphatic heterocycles. The van der Waals surface area contributed by atoms with Gasteiger partial charge in [0.15, 0.2) is 0 Å². The summed E-state index contributed by atoms with van der Waals surface area (Å²) in [4.78, 5) is 25.3. The number of hydrogen-bond acceptors (Lipinski definition) is 2. The van der Waals surface area contributed by atoms with Gasteiger partial charge in [0, 0.05) is 35.2 Å². The number of rotatable bonds is 2. The molecule has 1 aromatic rings. The zero-order valence-corrected chi connectivity index (χ0v) is 13.9. The van der Waals surface area contributed by atoms with Crippen molar-refractivity contribution in [3.05, 3.63) is 27.3 Å². The van der Waals surface area contributed by atoms with Gasteiger partial charge in [0.25, 0.3) is 0 Å². The Morgan fingerprint density at radius 1 is 1.30 bits per heavy atom. The normalized spacial score (nSPS) is 16.1.